The first-order valence-corrected chi connectivity index (χ1v) is 14.1. The second-order valence-electron chi connectivity index (χ2n) is 9.12. The van der Waals surface area contributed by atoms with E-state index >= 15 is 0 Å². The number of carbonyl (C=O) groups is 1. The highest BCUT2D eigenvalue weighted by Gasteiger charge is 2.39. The molecule has 38 heavy (non-hydrogen) atoms. The summed E-state index contributed by atoms with van der Waals surface area (Å²) < 4.78 is 70.1. The number of alkyl halides is 3. The van der Waals surface area contributed by atoms with Crippen molar-refractivity contribution in [3.8, 4) is 0 Å². The Morgan fingerprint density at radius 1 is 0.842 bits per heavy atom. The number of aryl methyl sites for hydroxylation is 2. The highest BCUT2D eigenvalue weighted by molar-refractivity contribution is 7.92. The van der Waals surface area contributed by atoms with Gasteiger partial charge in [-0.05, 0) is 60.7 Å². The van der Waals surface area contributed by atoms with Gasteiger partial charge in [-0.15, -0.1) is 0 Å². The molecule has 0 aliphatic heterocycles. The van der Waals surface area contributed by atoms with Crippen molar-refractivity contribution in [2.45, 2.75) is 62.9 Å². The number of benzene rings is 3. The van der Waals surface area contributed by atoms with E-state index in [-0.39, 0.29) is 12.1 Å². The van der Waals surface area contributed by atoms with Crippen molar-refractivity contribution < 1.29 is 31.5 Å². The normalized spacial score (nSPS) is 11.9. The largest absolute Gasteiger partial charge is 0.478 e. The molecule has 3 aromatic rings. The summed E-state index contributed by atoms with van der Waals surface area (Å²) in [6.07, 6.45) is 0.302. The zero-order chi connectivity index (χ0) is 27.8. The number of para-hydroxylation sites is 1. The Morgan fingerprint density at radius 2 is 1.47 bits per heavy atom. The first-order chi connectivity index (χ1) is 18.1. The number of anilines is 1. The van der Waals surface area contributed by atoms with E-state index in [4.69, 9.17) is 5.11 Å². The number of carboxylic acid groups (broad SMARTS) is 1. The lowest BCUT2D eigenvalue weighted by Crippen LogP contribution is -2.34. The van der Waals surface area contributed by atoms with Gasteiger partial charge in [-0.25, -0.2) is 13.2 Å². The van der Waals surface area contributed by atoms with Crippen molar-refractivity contribution >= 4 is 21.7 Å². The van der Waals surface area contributed by atoms with Crippen LogP contribution in [0, 0.1) is 0 Å². The molecule has 0 spiro atoms. The molecule has 0 aliphatic carbocycles. The van der Waals surface area contributed by atoms with Crippen LogP contribution in [-0.4, -0.2) is 26.0 Å². The second-order valence-corrected chi connectivity index (χ2v) is 10.9. The van der Waals surface area contributed by atoms with Gasteiger partial charge in [0, 0.05) is 6.54 Å². The predicted octanol–water partition coefficient (Wildman–Crippen LogP) is 7.35. The van der Waals surface area contributed by atoms with Gasteiger partial charge in [0.2, 0.25) is 0 Å². The van der Waals surface area contributed by atoms with Crippen LogP contribution in [0.25, 0.3) is 0 Å². The number of hydrogen-bond donors (Lipinski definition) is 1. The van der Waals surface area contributed by atoms with E-state index in [1.165, 1.54) is 24.3 Å². The van der Waals surface area contributed by atoms with Crippen LogP contribution in [-0.2, 0) is 29.0 Å². The molecule has 0 saturated carbocycles. The molecule has 9 heteroatoms. The Bertz CT molecular complexity index is 1320. The van der Waals surface area contributed by atoms with E-state index in [2.05, 4.69) is 6.92 Å². The van der Waals surface area contributed by atoms with Crippen LogP contribution < -0.4 is 4.31 Å². The Kier molecular flexibility index (Phi) is 9.96. The zero-order valence-electron chi connectivity index (χ0n) is 21.2. The van der Waals surface area contributed by atoms with E-state index in [9.17, 15) is 26.4 Å². The first kappa shape index (κ1) is 29.2. The highest BCUT2D eigenvalue weighted by Crippen LogP contribution is 2.37. The van der Waals surface area contributed by atoms with E-state index in [0.717, 1.165) is 47.7 Å². The maximum atomic E-state index is 13.8. The Balaban J connectivity index is 1.97. The van der Waals surface area contributed by atoms with Gasteiger partial charge in [-0.3, -0.25) is 4.31 Å². The Morgan fingerprint density at radius 3 is 2.13 bits per heavy atom. The van der Waals surface area contributed by atoms with Crippen molar-refractivity contribution in [3.63, 3.8) is 0 Å². The minimum atomic E-state index is -4.82. The molecule has 0 unspecified atom stereocenters. The lowest BCUT2D eigenvalue weighted by Gasteiger charge is -2.28. The molecule has 204 valence electrons. The number of aromatic carboxylic acids is 1. The smallest absolute Gasteiger partial charge is 0.417 e. The lowest BCUT2D eigenvalue weighted by atomic mass is 10.0. The maximum absolute atomic E-state index is 13.8. The summed E-state index contributed by atoms with van der Waals surface area (Å²) in [7, 11) is -4.53. The molecule has 3 rings (SSSR count). The van der Waals surface area contributed by atoms with Gasteiger partial charge in [0.25, 0.3) is 10.0 Å². The first-order valence-electron chi connectivity index (χ1n) is 12.6. The molecule has 0 fully saturated rings. The molecule has 0 aliphatic rings. The van der Waals surface area contributed by atoms with Gasteiger partial charge >= 0.3 is 12.1 Å². The van der Waals surface area contributed by atoms with Gasteiger partial charge in [0.15, 0.2) is 0 Å². The van der Waals surface area contributed by atoms with E-state index < -0.39 is 32.6 Å². The molecule has 0 atom stereocenters. The minimum Gasteiger partial charge on any atom is -0.478 e. The molecular weight excluding hydrogens is 515 g/mol. The third-order valence-electron chi connectivity index (χ3n) is 6.37. The molecular formula is C29H32F3NO4S. The summed E-state index contributed by atoms with van der Waals surface area (Å²) in [5.41, 5.74) is 0.865. The lowest BCUT2D eigenvalue weighted by molar-refractivity contribution is -0.139. The molecule has 0 aromatic heterocycles. The van der Waals surface area contributed by atoms with Crippen LogP contribution in [0.5, 0.6) is 0 Å². The third kappa shape index (κ3) is 7.37. The fourth-order valence-corrected chi connectivity index (χ4v) is 6.09. The SMILES string of the molecule is CCCCCCCN(c1ccccc1CCc1ccc(C(=O)O)cc1)S(=O)(=O)c1ccccc1C(F)(F)F. The van der Waals surface area contributed by atoms with Crippen molar-refractivity contribution in [2.75, 3.05) is 10.8 Å². The number of nitrogens with zero attached hydrogens (tertiary/aromatic N) is 1. The quantitative estimate of drug-likeness (QED) is 0.227. The van der Waals surface area contributed by atoms with Crippen LogP contribution in [0.4, 0.5) is 18.9 Å². The topological polar surface area (TPSA) is 74.7 Å². The van der Waals surface area contributed by atoms with Gasteiger partial charge < -0.3 is 5.11 Å². The second kappa shape index (κ2) is 13.0. The van der Waals surface area contributed by atoms with Gasteiger partial charge in [0.05, 0.1) is 21.7 Å². The summed E-state index contributed by atoms with van der Waals surface area (Å²) in [5, 5.41) is 9.11. The van der Waals surface area contributed by atoms with Crippen molar-refractivity contribution in [1.29, 1.82) is 0 Å². The number of sulfonamides is 1. The summed E-state index contributed by atoms with van der Waals surface area (Å²) in [6.45, 7) is 2.12. The molecule has 0 radical (unpaired) electrons. The van der Waals surface area contributed by atoms with E-state index in [0.29, 0.717) is 30.5 Å². The molecule has 1 N–H and O–H groups in total. The zero-order valence-corrected chi connectivity index (χ0v) is 22.1. The summed E-state index contributed by atoms with van der Waals surface area (Å²) in [6, 6.07) is 17.5. The van der Waals surface area contributed by atoms with Gasteiger partial charge in [-0.2, -0.15) is 13.2 Å². The fraction of sp³-hybridized carbons (Fsp3) is 0.345. The molecule has 5 nitrogen and oxygen atoms in total. The van der Waals surface area contributed by atoms with Crippen molar-refractivity contribution in [3.05, 3.63) is 95.1 Å². The van der Waals surface area contributed by atoms with Gasteiger partial charge in [0.1, 0.15) is 0 Å². The van der Waals surface area contributed by atoms with Crippen LogP contribution in [0.1, 0.15) is 66.1 Å². The molecule has 0 heterocycles. The number of halogens is 3. The molecule has 0 bridgehead atoms. The van der Waals surface area contributed by atoms with Crippen LogP contribution in [0.3, 0.4) is 0 Å². The maximum Gasteiger partial charge on any atom is 0.417 e. The van der Waals surface area contributed by atoms with Crippen molar-refractivity contribution in [2.24, 2.45) is 0 Å². The summed E-state index contributed by atoms with van der Waals surface area (Å²) in [5.74, 6) is -1.03. The average Bonchev–Trinajstić information content (AvgIpc) is 2.89. The highest BCUT2D eigenvalue weighted by atomic mass is 32.2. The van der Waals surface area contributed by atoms with E-state index in [1.54, 1.807) is 36.4 Å². The molecule has 0 amide bonds. The Hall–Kier alpha value is -3.33. The van der Waals surface area contributed by atoms with Crippen LogP contribution in [0.2, 0.25) is 0 Å². The number of unbranched alkanes of at least 4 members (excludes halogenated alkanes) is 4. The Labute approximate surface area is 222 Å². The van der Waals surface area contributed by atoms with Crippen LogP contribution in [0.15, 0.2) is 77.7 Å². The van der Waals surface area contributed by atoms with Crippen LogP contribution >= 0.6 is 0 Å². The van der Waals surface area contributed by atoms with E-state index in [1.807, 2.05) is 0 Å². The van der Waals surface area contributed by atoms with Gasteiger partial charge in [-0.1, -0.05) is 75.1 Å². The monoisotopic (exact) mass is 547 g/mol. The fourth-order valence-electron chi connectivity index (χ4n) is 4.33. The third-order valence-corrected chi connectivity index (χ3v) is 8.24. The molecule has 3 aromatic carbocycles. The van der Waals surface area contributed by atoms with Crippen molar-refractivity contribution in [1.82, 2.24) is 0 Å². The summed E-state index contributed by atoms with van der Waals surface area (Å²) >= 11 is 0. The number of carboxylic acids is 1. The average molecular weight is 548 g/mol. The number of hydrogen-bond acceptors (Lipinski definition) is 3. The number of rotatable bonds is 13. The predicted molar refractivity (Wildman–Crippen MR) is 142 cm³/mol. The standard InChI is InChI=1S/C29H32F3NO4S/c1-2-3-4-5-10-21-33(38(36,37)27-14-9-7-12-25(27)29(30,31)32)26-13-8-6-11-23(26)18-15-22-16-19-24(20-17-22)28(34)35/h6-9,11-14,16-17,19-20H,2-5,10,15,18,21H2,1H3,(H,34,35). The minimum absolute atomic E-state index is 0.0581. The summed E-state index contributed by atoms with van der Waals surface area (Å²) in [4.78, 5) is 10.4. The molecule has 0 saturated heterocycles.